The summed E-state index contributed by atoms with van der Waals surface area (Å²) in [6.45, 7) is 2.07. The molecule has 0 saturated carbocycles. The Kier molecular flexibility index (Phi) is 7.00. The summed E-state index contributed by atoms with van der Waals surface area (Å²) in [5.41, 5.74) is -0.107. The quantitative estimate of drug-likeness (QED) is 0.268. The Bertz CT molecular complexity index is 1610. The average Bonchev–Trinajstić information content (AvgIpc) is 3.28. The number of benzene rings is 2. The van der Waals surface area contributed by atoms with Gasteiger partial charge in [-0.05, 0) is 30.7 Å². The molecule has 194 valence electrons. The molecular formula is C27H25N5O6. The third kappa shape index (κ3) is 4.34. The van der Waals surface area contributed by atoms with Crippen molar-refractivity contribution in [3.05, 3.63) is 81.0 Å². The van der Waals surface area contributed by atoms with Crippen LogP contribution in [0.5, 0.6) is 0 Å². The molecule has 11 heteroatoms. The lowest BCUT2D eigenvalue weighted by Gasteiger charge is -2.24. The molecule has 3 aliphatic rings. The number of aromatic nitrogens is 4. The molecule has 0 bridgehead atoms. The average molecular weight is 516 g/mol. The fraction of sp³-hybridized carbons (Fsp3) is 0.333. The Labute approximate surface area is 217 Å². The van der Waals surface area contributed by atoms with Crippen LogP contribution in [0.2, 0.25) is 0 Å². The van der Waals surface area contributed by atoms with Crippen molar-refractivity contribution in [3.8, 4) is 17.6 Å². The summed E-state index contributed by atoms with van der Waals surface area (Å²) < 4.78 is 20.0. The Balaban J connectivity index is 1.60. The highest BCUT2D eigenvalue weighted by Gasteiger charge is 2.49. The molecule has 1 saturated heterocycles. The molecule has 1 unspecified atom stereocenters. The van der Waals surface area contributed by atoms with Crippen LogP contribution in [0.15, 0.2) is 64.2 Å². The number of hydrogen-bond acceptors (Lipinski definition) is 9. The monoisotopic (exact) mass is 515 g/mol. The molecule has 0 spiro atoms. The predicted molar refractivity (Wildman–Crippen MR) is 136 cm³/mol. The van der Waals surface area contributed by atoms with Crippen molar-refractivity contribution in [2.45, 2.75) is 50.8 Å². The molecule has 2 aromatic carbocycles. The van der Waals surface area contributed by atoms with Crippen molar-refractivity contribution in [2.24, 2.45) is 0 Å². The zero-order valence-electron chi connectivity index (χ0n) is 20.8. The maximum absolute atomic E-state index is 13.8. The lowest BCUT2D eigenvalue weighted by atomic mass is 10.1. The summed E-state index contributed by atoms with van der Waals surface area (Å²) in [6.07, 6.45) is -3.08. The van der Waals surface area contributed by atoms with Crippen LogP contribution in [0.25, 0.3) is 22.6 Å². The van der Waals surface area contributed by atoms with E-state index in [1.165, 1.54) is 7.11 Å². The second-order valence-electron chi connectivity index (χ2n) is 8.81. The molecule has 3 aliphatic heterocycles. The van der Waals surface area contributed by atoms with Gasteiger partial charge in [0.05, 0.1) is 35.2 Å². The third-order valence-electron chi connectivity index (χ3n) is 6.62. The molecule has 38 heavy (non-hydrogen) atoms. The van der Waals surface area contributed by atoms with Crippen LogP contribution in [-0.2, 0) is 20.8 Å². The van der Waals surface area contributed by atoms with Gasteiger partial charge in [-0.1, -0.05) is 37.3 Å². The molecule has 5 rings (SSSR count). The lowest BCUT2D eigenvalue weighted by molar-refractivity contribution is -0.0569. The van der Waals surface area contributed by atoms with Crippen LogP contribution in [0.4, 0.5) is 0 Å². The van der Waals surface area contributed by atoms with E-state index >= 15 is 0 Å². The minimum atomic E-state index is -1.20. The smallest absolute Gasteiger partial charge is 0.354 e. The number of fused-ring (bicyclic) bond motifs is 2. The highest BCUT2D eigenvalue weighted by atomic mass is 16.6. The van der Waals surface area contributed by atoms with E-state index in [9.17, 15) is 14.4 Å². The molecule has 0 aliphatic carbocycles. The zero-order chi connectivity index (χ0) is 26.8. The maximum atomic E-state index is 13.8. The van der Waals surface area contributed by atoms with Crippen molar-refractivity contribution >= 4 is 17.0 Å². The van der Waals surface area contributed by atoms with Gasteiger partial charge >= 0.3 is 11.7 Å². The summed E-state index contributed by atoms with van der Waals surface area (Å²) in [5.74, 6) is -0.491. The van der Waals surface area contributed by atoms with Crippen LogP contribution >= 0.6 is 0 Å². The van der Waals surface area contributed by atoms with E-state index in [4.69, 9.17) is 19.5 Å². The highest BCUT2D eigenvalue weighted by Crippen LogP contribution is 2.34. The van der Waals surface area contributed by atoms with E-state index in [-0.39, 0.29) is 24.5 Å². The first kappa shape index (κ1) is 25.3. The molecule has 3 heterocycles. The number of para-hydroxylation sites is 2. The fourth-order valence-electron chi connectivity index (χ4n) is 4.82. The number of aryl methyl sites for hydroxylation is 1. The van der Waals surface area contributed by atoms with Gasteiger partial charge in [-0.3, -0.25) is 4.79 Å². The Morgan fingerprint density at radius 2 is 1.82 bits per heavy atom. The molecule has 0 amide bonds. The number of esters is 1. The Morgan fingerprint density at radius 1 is 1.08 bits per heavy atom. The van der Waals surface area contributed by atoms with Gasteiger partial charge in [0.25, 0.3) is 5.56 Å². The predicted octanol–water partition coefficient (Wildman–Crippen LogP) is 2.52. The number of rotatable bonds is 7. The first-order valence-electron chi connectivity index (χ1n) is 12.2. The summed E-state index contributed by atoms with van der Waals surface area (Å²) in [5, 5.41) is 9.14. The number of nitrogens with zero attached hydrogens (tertiary/aromatic N) is 5. The zero-order valence-corrected chi connectivity index (χ0v) is 20.8. The number of carbonyl (C=O) groups is 1. The van der Waals surface area contributed by atoms with Crippen LogP contribution < -0.4 is 11.2 Å². The topological polar surface area (TPSA) is 138 Å². The lowest BCUT2D eigenvalue weighted by Crippen LogP contribution is -2.46. The first-order valence-corrected chi connectivity index (χ1v) is 12.2. The van der Waals surface area contributed by atoms with Gasteiger partial charge in [-0.15, -0.1) is 0 Å². The molecule has 4 atom stereocenters. The van der Waals surface area contributed by atoms with Gasteiger partial charge in [0.15, 0.2) is 23.9 Å². The van der Waals surface area contributed by atoms with E-state index in [0.29, 0.717) is 23.0 Å². The van der Waals surface area contributed by atoms with E-state index in [2.05, 4.69) is 16.0 Å². The van der Waals surface area contributed by atoms with E-state index in [1.54, 1.807) is 59.2 Å². The van der Waals surface area contributed by atoms with E-state index in [1.807, 2.05) is 6.92 Å². The van der Waals surface area contributed by atoms with Crippen LogP contribution in [0.3, 0.4) is 0 Å². The Hall–Kier alpha value is -4.40. The summed E-state index contributed by atoms with van der Waals surface area (Å²) in [4.78, 5) is 48.6. The summed E-state index contributed by atoms with van der Waals surface area (Å²) in [6, 6.07) is 17.7. The number of methoxy groups -OCH3 is 1. The largest absolute Gasteiger partial charge is 0.453 e. The molecule has 0 aromatic heterocycles. The van der Waals surface area contributed by atoms with Crippen molar-refractivity contribution in [2.75, 3.05) is 7.11 Å². The van der Waals surface area contributed by atoms with Crippen LogP contribution in [-0.4, -0.2) is 50.5 Å². The van der Waals surface area contributed by atoms with Crippen LogP contribution in [0.1, 0.15) is 36.4 Å². The molecule has 11 nitrogen and oxygen atoms in total. The van der Waals surface area contributed by atoms with Crippen molar-refractivity contribution in [1.29, 1.82) is 5.26 Å². The number of carbonyl (C=O) groups excluding carboxylic acids is 1. The van der Waals surface area contributed by atoms with Gasteiger partial charge in [0.2, 0.25) is 0 Å². The van der Waals surface area contributed by atoms with Crippen molar-refractivity contribution < 1.29 is 19.0 Å². The van der Waals surface area contributed by atoms with E-state index < -0.39 is 41.8 Å². The second-order valence-corrected chi connectivity index (χ2v) is 8.81. The minimum absolute atomic E-state index is 0.0440. The maximum Gasteiger partial charge on any atom is 0.354 e. The highest BCUT2D eigenvalue weighted by molar-refractivity contribution is 5.89. The molecule has 1 fully saturated rings. The number of nitriles is 1. The normalized spacial score (nSPS) is 21.0. The molecule has 0 radical (unpaired) electrons. The van der Waals surface area contributed by atoms with Crippen molar-refractivity contribution in [1.82, 2.24) is 19.1 Å². The first-order chi connectivity index (χ1) is 18.5. The molecular weight excluding hydrogens is 490 g/mol. The summed E-state index contributed by atoms with van der Waals surface area (Å²) in [7, 11) is 1.40. The second kappa shape index (κ2) is 10.5. The Morgan fingerprint density at radius 3 is 2.53 bits per heavy atom. The number of hydrogen-bond donors (Lipinski definition) is 0. The fourth-order valence-corrected chi connectivity index (χ4v) is 4.82. The van der Waals surface area contributed by atoms with Crippen molar-refractivity contribution in [3.63, 3.8) is 0 Å². The summed E-state index contributed by atoms with van der Waals surface area (Å²) >= 11 is 0. The van der Waals surface area contributed by atoms with Gasteiger partial charge in [0, 0.05) is 13.7 Å². The minimum Gasteiger partial charge on any atom is -0.453 e. The third-order valence-corrected chi connectivity index (χ3v) is 6.62. The number of ether oxygens (including phenoxy) is 3. The SMILES string of the molecule is CC[C@H]1O[C@@H](n2c(=O)nc3n(CCC#N)c4ccccc4nc-3c2=O)C(OC)[C@@H]1OC(=O)c1ccccc1. The van der Waals surface area contributed by atoms with Crippen LogP contribution in [0, 0.1) is 11.3 Å². The van der Waals surface area contributed by atoms with Gasteiger partial charge < -0.3 is 18.8 Å². The standard InChI is InChI=1S/C27H25N5O6/c1-3-19-21(38-26(34)16-10-5-4-6-11-16)22(36-2)25(37-19)32-24(33)20-23(30-27(32)35)31(15-9-14-28)18-13-8-7-12-17(18)29-20/h4-8,10-13,19,21-22,25H,3,9,15H2,1-2H3/t19-,21-,22?,25-/m1/s1. The van der Waals surface area contributed by atoms with Gasteiger partial charge in [-0.25, -0.2) is 19.1 Å². The van der Waals surface area contributed by atoms with Gasteiger partial charge in [-0.2, -0.15) is 10.2 Å². The van der Waals surface area contributed by atoms with Gasteiger partial charge in [0.1, 0.15) is 6.10 Å². The van der Waals surface area contributed by atoms with E-state index in [0.717, 1.165) is 4.57 Å². The molecule has 2 aromatic rings. The molecule has 0 N–H and O–H groups in total.